The topological polar surface area (TPSA) is 73.8 Å². The molecule has 40 heavy (non-hydrogen) atoms. The summed E-state index contributed by atoms with van der Waals surface area (Å²) >= 11 is 0. The summed E-state index contributed by atoms with van der Waals surface area (Å²) < 4.78 is 37.1. The highest BCUT2D eigenvalue weighted by Crippen LogP contribution is 2.42. The van der Waals surface area contributed by atoms with Crippen molar-refractivity contribution in [1.29, 1.82) is 0 Å². The van der Waals surface area contributed by atoms with Gasteiger partial charge < -0.3 is 20.1 Å². The molecular formula is C31H33F2N5O2. The number of phenols is 1. The summed E-state index contributed by atoms with van der Waals surface area (Å²) in [4.78, 5) is 13.9. The standard InChI is InChI=1S/C31H33F2N5O2/c32-19-13-31(9-2-10-38(31)14-19)17-40-30-35-28-25(29(36-30)37-15-20-5-6-21(16-37)34-20)8-7-24(27(28)33)26-12-22(39)11-18-3-1-4-23(18)26/h1,4,7-8,11-12,19-21,34,39H,2-3,5-6,9-10,13-17H2/t19-,20-,21+,31+/m1/s1. The molecule has 4 aliphatic heterocycles. The zero-order chi connectivity index (χ0) is 27.0. The molecule has 2 bridgehead atoms. The Labute approximate surface area is 231 Å². The number of piperazine rings is 1. The van der Waals surface area contributed by atoms with E-state index < -0.39 is 12.0 Å². The van der Waals surface area contributed by atoms with Crippen molar-refractivity contribution >= 4 is 22.8 Å². The number of aromatic hydroxyl groups is 1. The fraction of sp³-hybridized carbons (Fsp3) is 0.484. The maximum atomic E-state index is 16.5. The Kier molecular flexibility index (Phi) is 5.58. The Morgan fingerprint density at radius 3 is 2.80 bits per heavy atom. The molecule has 1 aliphatic carbocycles. The van der Waals surface area contributed by atoms with Crippen LogP contribution in [0, 0.1) is 5.82 Å². The second-order valence-corrected chi connectivity index (χ2v) is 12.2. The minimum Gasteiger partial charge on any atom is -0.508 e. The molecule has 208 valence electrons. The predicted molar refractivity (Wildman–Crippen MR) is 150 cm³/mol. The fourth-order valence-electron chi connectivity index (χ4n) is 7.85. The van der Waals surface area contributed by atoms with Gasteiger partial charge in [-0.05, 0) is 73.5 Å². The summed E-state index contributed by atoms with van der Waals surface area (Å²) in [5.74, 6) is 0.340. The quantitative estimate of drug-likeness (QED) is 0.485. The third-order valence-electron chi connectivity index (χ3n) is 9.68. The molecule has 0 saturated carbocycles. The number of aromatic nitrogens is 2. The van der Waals surface area contributed by atoms with Crippen molar-refractivity contribution < 1.29 is 18.6 Å². The van der Waals surface area contributed by atoms with Gasteiger partial charge in [-0.15, -0.1) is 0 Å². The van der Waals surface area contributed by atoms with E-state index in [9.17, 15) is 9.50 Å². The molecule has 1 aromatic heterocycles. The summed E-state index contributed by atoms with van der Waals surface area (Å²) in [6.07, 6.45) is 8.43. The zero-order valence-corrected chi connectivity index (χ0v) is 22.4. The SMILES string of the molecule is Oc1cc2c(c(-c3ccc4c(N5C[C@H]6CC[C@@H](C5)N6)nc(OC[C@@]56CCCN5C[C@H](F)C6)nc4c3F)c1)C=CC2. The lowest BCUT2D eigenvalue weighted by Gasteiger charge is -2.34. The van der Waals surface area contributed by atoms with Gasteiger partial charge in [-0.2, -0.15) is 9.97 Å². The van der Waals surface area contributed by atoms with Gasteiger partial charge in [0.25, 0.3) is 0 Å². The average Bonchev–Trinajstić information content (AvgIpc) is 3.70. The lowest BCUT2D eigenvalue weighted by Crippen LogP contribution is -2.51. The van der Waals surface area contributed by atoms with E-state index in [1.807, 2.05) is 18.2 Å². The Hall–Kier alpha value is -3.30. The minimum absolute atomic E-state index is 0.115. The molecule has 4 fully saturated rings. The summed E-state index contributed by atoms with van der Waals surface area (Å²) in [5.41, 5.74) is 2.79. The highest BCUT2D eigenvalue weighted by atomic mass is 19.1. The maximum absolute atomic E-state index is 16.5. The lowest BCUT2D eigenvalue weighted by atomic mass is 9.95. The van der Waals surface area contributed by atoms with E-state index in [1.54, 1.807) is 18.2 Å². The van der Waals surface area contributed by atoms with Crippen molar-refractivity contribution in [1.82, 2.24) is 20.2 Å². The van der Waals surface area contributed by atoms with Crippen molar-refractivity contribution in [2.75, 3.05) is 37.7 Å². The first-order chi connectivity index (χ1) is 19.5. The largest absolute Gasteiger partial charge is 0.508 e. The maximum Gasteiger partial charge on any atom is 0.319 e. The van der Waals surface area contributed by atoms with Gasteiger partial charge in [0.1, 0.15) is 29.9 Å². The van der Waals surface area contributed by atoms with Crippen molar-refractivity contribution in [3.05, 3.63) is 47.3 Å². The van der Waals surface area contributed by atoms with E-state index >= 15 is 4.39 Å². The van der Waals surface area contributed by atoms with E-state index in [0.717, 1.165) is 56.4 Å². The molecular weight excluding hydrogens is 512 g/mol. The fourth-order valence-corrected chi connectivity index (χ4v) is 7.85. The lowest BCUT2D eigenvalue weighted by molar-refractivity contribution is 0.107. The number of benzene rings is 2. The number of rotatable bonds is 5. The molecule has 2 aromatic carbocycles. The molecule has 0 spiro atoms. The monoisotopic (exact) mass is 545 g/mol. The Morgan fingerprint density at radius 1 is 1.10 bits per heavy atom. The molecule has 0 amide bonds. The summed E-state index contributed by atoms with van der Waals surface area (Å²) in [7, 11) is 0. The van der Waals surface area contributed by atoms with Crippen molar-refractivity contribution in [2.45, 2.75) is 62.3 Å². The van der Waals surface area contributed by atoms with Crippen molar-refractivity contribution in [2.24, 2.45) is 0 Å². The van der Waals surface area contributed by atoms with Gasteiger partial charge >= 0.3 is 6.01 Å². The van der Waals surface area contributed by atoms with Crippen LogP contribution in [0.2, 0.25) is 0 Å². The van der Waals surface area contributed by atoms with Crippen LogP contribution >= 0.6 is 0 Å². The minimum atomic E-state index is -0.855. The summed E-state index contributed by atoms with van der Waals surface area (Å²) in [6, 6.07) is 7.92. The number of anilines is 1. The molecule has 2 N–H and O–H groups in total. The van der Waals surface area contributed by atoms with E-state index in [0.29, 0.717) is 53.8 Å². The van der Waals surface area contributed by atoms with Gasteiger partial charge in [-0.1, -0.05) is 18.2 Å². The van der Waals surface area contributed by atoms with E-state index in [1.165, 1.54) is 0 Å². The Bertz CT molecular complexity index is 1530. The number of hydrogen-bond donors (Lipinski definition) is 2. The van der Waals surface area contributed by atoms with Crippen LogP contribution in [-0.2, 0) is 6.42 Å². The van der Waals surface area contributed by atoms with Crippen LogP contribution in [0.5, 0.6) is 11.8 Å². The summed E-state index contributed by atoms with van der Waals surface area (Å²) in [6.45, 7) is 3.18. The predicted octanol–water partition coefficient (Wildman–Crippen LogP) is 4.61. The third kappa shape index (κ3) is 3.89. The summed E-state index contributed by atoms with van der Waals surface area (Å²) in [5, 5.41) is 14.7. The van der Waals surface area contributed by atoms with E-state index in [4.69, 9.17) is 9.72 Å². The molecule has 5 heterocycles. The number of allylic oxidation sites excluding steroid dienone is 1. The van der Waals surface area contributed by atoms with Gasteiger partial charge in [-0.3, -0.25) is 4.90 Å². The number of ether oxygens (including phenoxy) is 1. The van der Waals surface area contributed by atoms with Gasteiger partial charge in [-0.25, -0.2) is 8.78 Å². The molecule has 4 saturated heterocycles. The van der Waals surface area contributed by atoms with Crippen LogP contribution < -0.4 is 15.0 Å². The van der Waals surface area contributed by atoms with Crippen molar-refractivity contribution in [3.63, 3.8) is 0 Å². The first kappa shape index (κ1) is 24.5. The molecule has 0 radical (unpaired) electrons. The van der Waals surface area contributed by atoms with Gasteiger partial charge in [0, 0.05) is 49.1 Å². The van der Waals surface area contributed by atoms with E-state index in [2.05, 4.69) is 20.1 Å². The van der Waals surface area contributed by atoms with Crippen LogP contribution in [0.25, 0.3) is 28.1 Å². The molecule has 4 atom stereocenters. The van der Waals surface area contributed by atoms with Crippen LogP contribution in [0.3, 0.4) is 0 Å². The number of halogens is 2. The number of alkyl halides is 1. The normalized spacial score (nSPS) is 28.9. The Morgan fingerprint density at radius 2 is 1.95 bits per heavy atom. The van der Waals surface area contributed by atoms with E-state index in [-0.39, 0.29) is 29.4 Å². The number of fused-ring (bicyclic) bond motifs is 5. The zero-order valence-electron chi connectivity index (χ0n) is 22.4. The number of hydrogen-bond acceptors (Lipinski definition) is 7. The molecule has 5 aliphatic rings. The van der Waals surface area contributed by atoms with Gasteiger partial charge in [0.2, 0.25) is 0 Å². The number of phenolic OH excluding ortho intramolecular Hbond substituents is 1. The second kappa shape index (κ2) is 9.11. The second-order valence-electron chi connectivity index (χ2n) is 12.2. The first-order valence-corrected chi connectivity index (χ1v) is 14.5. The highest BCUT2D eigenvalue weighted by Gasteiger charge is 2.49. The molecule has 7 nitrogen and oxygen atoms in total. The smallest absolute Gasteiger partial charge is 0.319 e. The van der Waals surface area contributed by atoms with Crippen LogP contribution in [0.4, 0.5) is 14.6 Å². The van der Waals surface area contributed by atoms with Crippen molar-refractivity contribution in [3.8, 4) is 22.9 Å². The van der Waals surface area contributed by atoms with Gasteiger partial charge in [0.15, 0.2) is 5.82 Å². The average molecular weight is 546 g/mol. The van der Waals surface area contributed by atoms with Crippen LogP contribution in [0.1, 0.15) is 43.2 Å². The highest BCUT2D eigenvalue weighted by molar-refractivity contribution is 5.95. The van der Waals surface area contributed by atoms with Crippen LogP contribution in [-0.4, -0.2) is 76.6 Å². The molecule has 0 unspecified atom stereocenters. The third-order valence-corrected chi connectivity index (χ3v) is 9.68. The van der Waals surface area contributed by atoms with Crippen LogP contribution in [0.15, 0.2) is 30.3 Å². The first-order valence-electron chi connectivity index (χ1n) is 14.5. The number of nitrogens with one attached hydrogen (secondary N) is 1. The molecule has 3 aromatic rings. The molecule has 8 rings (SSSR count). The number of nitrogens with zero attached hydrogens (tertiary/aromatic N) is 4. The molecule has 9 heteroatoms. The van der Waals surface area contributed by atoms with Gasteiger partial charge in [0.05, 0.1) is 5.54 Å². The Balaban J connectivity index is 1.23.